The van der Waals surface area contributed by atoms with Crippen LogP contribution in [0.25, 0.3) is 11.1 Å². The van der Waals surface area contributed by atoms with Gasteiger partial charge in [0.05, 0.1) is 10.4 Å². The smallest absolute Gasteiger partial charge is 0.408 e. The molecule has 2 aromatic carbocycles. The van der Waals surface area contributed by atoms with E-state index in [2.05, 4.69) is 10.0 Å². The minimum atomic E-state index is -3.62. The van der Waals surface area contributed by atoms with Crippen LogP contribution in [-0.2, 0) is 21.4 Å². The molecule has 0 bridgehead atoms. The first kappa shape index (κ1) is 18.9. The van der Waals surface area contributed by atoms with Crippen LogP contribution in [0.5, 0.6) is 0 Å². The van der Waals surface area contributed by atoms with Gasteiger partial charge in [-0.15, -0.1) is 0 Å². The van der Waals surface area contributed by atoms with Crippen LogP contribution in [0.4, 0.5) is 5.69 Å². The van der Waals surface area contributed by atoms with Crippen molar-refractivity contribution in [2.75, 3.05) is 12.4 Å². The third-order valence-corrected chi connectivity index (χ3v) is 5.72. The van der Waals surface area contributed by atoms with E-state index < -0.39 is 15.8 Å². The number of nitrogens with one attached hydrogen (secondary N) is 2. The highest BCUT2D eigenvalue weighted by Crippen LogP contribution is 2.20. The maximum absolute atomic E-state index is 12.2. The van der Waals surface area contributed by atoms with E-state index in [9.17, 15) is 18.0 Å². The molecule has 0 fully saturated rings. The van der Waals surface area contributed by atoms with Crippen molar-refractivity contribution in [1.29, 1.82) is 0 Å². The second kappa shape index (κ2) is 7.37. The number of carbonyl (C=O) groups is 1. The number of aromatic nitrogens is 1. The molecule has 2 N–H and O–H groups in total. The van der Waals surface area contributed by atoms with Gasteiger partial charge in [-0.25, -0.2) is 17.9 Å². The molecular formula is C18H19N3O5S. The highest BCUT2D eigenvalue weighted by molar-refractivity contribution is 7.89. The van der Waals surface area contributed by atoms with Crippen molar-refractivity contribution >= 4 is 32.7 Å². The first-order chi connectivity index (χ1) is 12.8. The molecule has 0 saturated heterocycles. The average molecular weight is 389 g/mol. The monoisotopic (exact) mass is 389 g/mol. The standard InChI is InChI=1S/C18H19N3O5S/c1-12-7-8-13(11-16(12)27(24,25)19-2)20-17(22)9-10-21-14-5-3-4-6-15(14)26-18(21)23/h3-8,11,19H,9-10H2,1-2H3,(H,20,22). The molecule has 0 aliphatic rings. The van der Waals surface area contributed by atoms with Gasteiger partial charge in [-0.2, -0.15) is 0 Å². The Hall–Kier alpha value is -2.91. The van der Waals surface area contributed by atoms with E-state index in [1.165, 1.54) is 17.7 Å². The highest BCUT2D eigenvalue weighted by Gasteiger charge is 2.16. The summed E-state index contributed by atoms with van der Waals surface area (Å²) in [5.41, 5.74) is 2.01. The first-order valence-electron chi connectivity index (χ1n) is 8.24. The molecule has 0 unspecified atom stereocenters. The van der Waals surface area contributed by atoms with E-state index in [1.807, 2.05) is 0 Å². The molecule has 1 amide bonds. The molecule has 1 heterocycles. The number of hydrogen-bond donors (Lipinski definition) is 2. The van der Waals surface area contributed by atoms with Crippen molar-refractivity contribution in [2.45, 2.75) is 24.8 Å². The van der Waals surface area contributed by atoms with E-state index in [1.54, 1.807) is 43.3 Å². The minimum absolute atomic E-state index is 0.0332. The maximum Gasteiger partial charge on any atom is 0.419 e. The van der Waals surface area contributed by atoms with Crippen molar-refractivity contribution in [2.24, 2.45) is 0 Å². The third-order valence-electron chi connectivity index (χ3n) is 4.17. The lowest BCUT2D eigenvalue weighted by molar-refractivity contribution is -0.116. The zero-order valence-corrected chi connectivity index (χ0v) is 15.7. The summed E-state index contributed by atoms with van der Waals surface area (Å²) in [6.07, 6.45) is 0.0332. The summed E-state index contributed by atoms with van der Waals surface area (Å²) in [5, 5.41) is 2.66. The number of oxazole rings is 1. The lowest BCUT2D eigenvalue weighted by atomic mass is 10.2. The molecule has 8 nitrogen and oxygen atoms in total. The molecule has 142 valence electrons. The predicted molar refractivity (Wildman–Crippen MR) is 101 cm³/mol. The second-order valence-electron chi connectivity index (χ2n) is 5.97. The fourth-order valence-electron chi connectivity index (χ4n) is 2.74. The van der Waals surface area contributed by atoms with Crippen LogP contribution in [0.15, 0.2) is 56.6 Å². The van der Waals surface area contributed by atoms with Crippen molar-refractivity contribution in [3.63, 3.8) is 0 Å². The summed E-state index contributed by atoms with van der Waals surface area (Å²) in [5.74, 6) is -0.870. The highest BCUT2D eigenvalue weighted by atomic mass is 32.2. The number of aryl methyl sites for hydroxylation is 2. The molecule has 0 aliphatic heterocycles. The van der Waals surface area contributed by atoms with E-state index in [-0.39, 0.29) is 23.8 Å². The van der Waals surface area contributed by atoms with Gasteiger partial charge in [0.15, 0.2) is 5.58 Å². The minimum Gasteiger partial charge on any atom is -0.408 e. The van der Waals surface area contributed by atoms with Crippen LogP contribution in [0.2, 0.25) is 0 Å². The van der Waals surface area contributed by atoms with Crippen molar-refractivity contribution in [1.82, 2.24) is 9.29 Å². The van der Waals surface area contributed by atoms with E-state index >= 15 is 0 Å². The topological polar surface area (TPSA) is 110 Å². The zero-order chi connectivity index (χ0) is 19.6. The van der Waals surface area contributed by atoms with Crippen LogP contribution in [-0.4, -0.2) is 25.9 Å². The molecule has 0 aliphatic carbocycles. The fraction of sp³-hybridized carbons (Fsp3) is 0.222. The Balaban J connectivity index is 1.74. The van der Waals surface area contributed by atoms with Gasteiger partial charge in [-0.05, 0) is 43.8 Å². The van der Waals surface area contributed by atoms with E-state index in [4.69, 9.17) is 4.42 Å². The molecule has 0 radical (unpaired) electrons. The SMILES string of the molecule is CNS(=O)(=O)c1cc(NC(=O)CCn2c(=O)oc3ccccc32)ccc1C. The molecule has 0 spiro atoms. The van der Waals surface area contributed by atoms with E-state index in [0.717, 1.165) is 0 Å². The van der Waals surface area contributed by atoms with Gasteiger partial charge in [0.1, 0.15) is 0 Å². The number of sulfonamides is 1. The zero-order valence-electron chi connectivity index (χ0n) is 14.9. The Kier molecular flexibility index (Phi) is 5.15. The van der Waals surface area contributed by atoms with Crippen LogP contribution in [0.3, 0.4) is 0 Å². The summed E-state index contributed by atoms with van der Waals surface area (Å²) < 4.78 is 32.8. The Morgan fingerprint density at radius 3 is 2.67 bits per heavy atom. The Bertz CT molecular complexity index is 1160. The number of nitrogens with zero attached hydrogens (tertiary/aromatic N) is 1. The van der Waals surface area contributed by atoms with Gasteiger partial charge in [-0.1, -0.05) is 18.2 Å². The van der Waals surface area contributed by atoms with Gasteiger partial charge in [0, 0.05) is 18.7 Å². The quantitative estimate of drug-likeness (QED) is 0.668. The Morgan fingerprint density at radius 1 is 1.19 bits per heavy atom. The van der Waals surface area contributed by atoms with Gasteiger partial charge in [-0.3, -0.25) is 9.36 Å². The number of benzene rings is 2. The lowest BCUT2D eigenvalue weighted by Crippen LogP contribution is -2.21. The Labute approximate surface area is 155 Å². The number of rotatable bonds is 6. The molecule has 3 aromatic rings. The second-order valence-corrected chi connectivity index (χ2v) is 7.83. The normalized spacial score (nSPS) is 11.6. The summed E-state index contributed by atoms with van der Waals surface area (Å²) in [7, 11) is -2.30. The van der Waals surface area contributed by atoms with Gasteiger partial charge < -0.3 is 9.73 Å². The lowest BCUT2D eigenvalue weighted by Gasteiger charge is -2.10. The molecule has 27 heavy (non-hydrogen) atoms. The van der Waals surface area contributed by atoms with Crippen LogP contribution >= 0.6 is 0 Å². The third kappa shape index (κ3) is 3.93. The summed E-state index contributed by atoms with van der Waals surface area (Å²) >= 11 is 0. The number of hydrogen-bond acceptors (Lipinski definition) is 5. The van der Waals surface area contributed by atoms with E-state index in [0.29, 0.717) is 22.4 Å². The molecule has 1 aromatic heterocycles. The molecular weight excluding hydrogens is 370 g/mol. The van der Waals surface area contributed by atoms with Crippen molar-refractivity contribution in [3.05, 3.63) is 58.6 Å². The molecule has 9 heteroatoms. The number of carbonyl (C=O) groups excluding carboxylic acids is 1. The fourth-order valence-corrected chi connectivity index (χ4v) is 3.73. The van der Waals surface area contributed by atoms with Gasteiger partial charge >= 0.3 is 5.76 Å². The summed E-state index contributed by atoms with van der Waals surface area (Å²) in [4.78, 5) is 24.3. The molecule has 0 atom stereocenters. The van der Waals surface area contributed by atoms with Crippen LogP contribution in [0, 0.1) is 6.92 Å². The Morgan fingerprint density at radius 2 is 1.93 bits per heavy atom. The van der Waals surface area contributed by atoms with Crippen LogP contribution < -0.4 is 15.8 Å². The maximum atomic E-state index is 12.2. The van der Waals surface area contributed by atoms with Gasteiger partial charge in [0.25, 0.3) is 0 Å². The number of anilines is 1. The summed E-state index contributed by atoms with van der Waals surface area (Å²) in [6, 6.07) is 11.6. The van der Waals surface area contributed by atoms with Crippen LogP contribution in [0.1, 0.15) is 12.0 Å². The number of para-hydroxylation sites is 2. The largest absolute Gasteiger partial charge is 0.419 e. The summed E-state index contributed by atoms with van der Waals surface area (Å²) in [6.45, 7) is 1.82. The number of fused-ring (bicyclic) bond motifs is 1. The molecule has 3 rings (SSSR count). The predicted octanol–water partition coefficient (Wildman–Crippen LogP) is 1.84. The van der Waals surface area contributed by atoms with Crippen molar-refractivity contribution < 1.29 is 17.6 Å². The molecule has 0 saturated carbocycles. The van der Waals surface area contributed by atoms with Crippen molar-refractivity contribution in [3.8, 4) is 0 Å². The average Bonchev–Trinajstić information content (AvgIpc) is 2.96. The van der Waals surface area contributed by atoms with Gasteiger partial charge in [0.2, 0.25) is 15.9 Å². The number of amides is 1. The first-order valence-corrected chi connectivity index (χ1v) is 9.72.